The molecule has 0 aliphatic carbocycles. The molecule has 0 fully saturated rings. The highest BCUT2D eigenvalue weighted by Gasteiger charge is 2.13. The minimum absolute atomic E-state index is 0.810. The Morgan fingerprint density at radius 3 is 2.37 bits per heavy atom. The van der Waals surface area contributed by atoms with Crippen LogP contribution in [0.1, 0.15) is 0 Å². The van der Waals surface area contributed by atoms with Crippen LogP contribution < -0.4 is 5.32 Å². The van der Waals surface area contributed by atoms with Crippen molar-refractivity contribution < 1.29 is 0 Å². The second kappa shape index (κ2) is 5.71. The van der Waals surface area contributed by atoms with E-state index in [2.05, 4.69) is 15.3 Å². The fourth-order valence-electron chi connectivity index (χ4n) is 1.74. The Morgan fingerprint density at radius 1 is 0.947 bits per heavy atom. The number of anilines is 1. The summed E-state index contributed by atoms with van der Waals surface area (Å²) in [5, 5.41) is 4.11. The third-order valence-corrected chi connectivity index (χ3v) is 3.47. The van der Waals surface area contributed by atoms with Gasteiger partial charge in [-0.3, -0.25) is 0 Å². The molecular weight excluding hydrogens is 254 g/mol. The van der Waals surface area contributed by atoms with Gasteiger partial charge in [0.15, 0.2) is 5.17 Å². The van der Waals surface area contributed by atoms with Gasteiger partial charge < -0.3 is 5.32 Å². The molecule has 94 valence electrons. The predicted molar refractivity (Wildman–Crippen MR) is 83.5 cm³/mol. The average molecular weight is 267 g/mol. The minimum atomic E-state index is 0.810. The number of amidine groups is 2. The number of hydrogen-bond acceptors (Lipinski definition) is 3. The van der Waals surface area contributed by atoms with Gasteiger partial charge in [0.2, 0.25) is 0 Å². The Hall–Kier alpha value is -2.07. The van der Waals surface area contributed by atoms with Crippen LogP contribution in [0.2, 0.25) is 0 Å². The van der Waals surface area contributed by atoms with E-state index in [9.17, 15) is 0 Å². The summed E-state index contributed by atoms with van der Waals surface area (Å²) in [5.41, 5.74) is 2.00. The van der Waals surface area contributed by atoms with Gasteiger partial charge in [0.1, 0.15) is 5.84 Å². The SMILES string of the molecule is c1ccc(N=C2N=C(Nc3ccccc3)CS2)cc1. The summed E-state index contributed by atoms with van der Waals surface area (Å²) < 4.78 is 0. The molecule has 19 heavy (non-hydrogen) atoms. The number of aliphatic imine (C=N–C) groups is 2. The van der Waals surface area contributed by atoms with Crippen molar-refractivity contribution in [1.29, 1.82) is 0 Å². The van der Waals surface area contributed by atoms with Crippen LogP contribution in [0.5, 0.6) is 0 Å². The van der Waals surface area contributed by atoms with Crippen LogP contribution in [0.3, 0.4) is 0 Å². The van der Waals surface area contributed by atoms with E-state index in [0.717, 1.165) is 28.1 Å². The molecule has 2 aromatic carbocycles. The standard InChI is InChI=1S/C15H13N3S/c1-3-7-12(8-4-1)16-14-11-19-15(18-14)17-13-9-5-2-6-10-13/h1-10H,11H2,(H,16,17,18). The van der Waals surface area contributed by atoms with E-state index in [-0.39, 0.29) is 0 Å². The number of rotatable bonds is 2. The van der Waals surface area contributed by atoms with Crippen LogP contribution in [-0.4, -0.2) is 16.8 Å². The molecule has 0 bridgehead atoms. The van der Waals surface area contributed by atoms with Gasteiger partial charge in [0.25, 0.3) is 0 Å². The Kier molecular flexibility index (Phi) is 3.61. The second-order valence-corrected chi connectivity index (χ2v) is 5.01. The first-order valence-electron chi connectivity index (χ1n) is 6.06. The first-order chi connectivity index (χ1) is 9.40. The van der Waals surface area contributed by atoms with Crippen LogP contribution in [0, 0.1) is 0 Å². The number of para-hydroxylation sites is 2. The van der Waals surface area contributed by atoms with Crippen LogP contribution in [0.25, 0.3) is 0 Å². The molecule has 0 radical (unpaired) electrons. The molecule has 0 saturated carbocycles. The van der Waals surface area contributed by atoms with Crippen LogP contribution >= 0.6 is 11.8 Å². The summed E-state index contributed by atoms with van der Waals surface area (Å²) in [5.74, 6) is 1.78. The van der Waals surface area contributed by atoms with Gasteiger partial charge >= 0.3 is 0 Å². The maximum Gasteiger partial charge on any atom is 0.190 e. The molecule has 1 aliphatic heterocycles. The number of hydrogen-bond donors (Lipinski definition) is 1. The molecule has 0 spiro atoms. The molecule has 0 saturated heterocycles. The van der Waals surface area contributed by atoms with Gasteiger partial charge in [-0.1, -0.05) is 48.2 Å². The van der Waals surface area contributed by atoms with E-state index >= 15 is 0 Å². The zero-order valence-electron chi connectivity index (χ0n) is 10.3. The zero-order valence-corrected chi connectivity index (χ0v) is 11.1. The molecule has 4 heteroatoms. The Labute approximate surface area is 116 Å². The molecule has 0 aromatic heterocycles. The van der Waals surface area contributed by atoms with Crippen LogP contribution in [-0.2, 0) is 0 Å². The van der Waals surface area contributed by atoms with E-state index in [4.69, 9.17) is 0 Å². The normalized spacial score (nSPS) is 16.4. The van der Waals surface area contributed by atoms with Crippen molar-refractivity contribution >= 4 is 34.1 Å². The third kappa shape index (κ3) is 3.23. The summed E-state index contributed by atoms with van der Waals surface area (Å²) in [6, 6.07) is 20.0. The summed E-state index contributed by atoms with van der Waals surface area (Å²) in [7, 11) is 0. The highest BCUT2D eigenvalue weighted by Crippen LogP contribution is 2.21. The molecule has 1 aliphatic rings. The molecule has 3 nitrogen and oxygen atoms in total. The maximum absolute atomic E-state index is 4.50. The van der Waals surface area contributed by atoms with E-state index in [1.807, 2.05) is 60.7 Å². The molecule has 1 heterocycles. The van der Waals surface area contributed by atoms with Crippen molar-refractivity contribution in [2.75, 3.05) is 11.1 Å². The maximum atomic E-state index is 4.50. The van der Waals surface area contributed by atoms with E-state index < -0.39 is 0 Å². The first kappa shape index (κ1) is 12.0. The highest BCUT2D eigenvalue weighted by atomic mass is 32.2. The third-order valence-electron chi connectivity index (χ3n) is 2.61. The molecule has 2 aromatic rings. The number of thioether (sulfide) groups is 1. The summed E-state index contributed by atoms with van der Waals surface area (Å²) in [6.07, 6.45) is 0. The lowest BCUT2D eigenvalue weighted by Gasteiger charge is -2.02. The molecule has 0 atom stereocenters. The number of nitrogens with zero attached hydrogens (tertiary/aromatic N) is 2. The Bertz CT molecular complexity index is 606. The van der Waals surface area contributed by atoms with Crippen molar-refractivity contribution in [3.8, 4) is 0 Å². The molecule has 1 N–H and O–H groups in total. The van der Waals surface area contributed by atoms with Gasteiger partial charge in [-0.25, -0.2) is 9.98 Å². The lowest BCUT2D eigenvalue weighted by atomic mass is 10.3. The molecule has 3 rings (SSSR count). The lowest BCUT2D eigenvalue weighted by molar-refractivity contribution is 1.50. The largest absolute Gasteiger partial charge is 0.343 e. The quantitative estimate of drug-likeness (QED) is 0.895. The molecular formula is C15H13N3S. The first-order valence-corrected chi connectivity index (χ1v) is 7.05. The monoisotopic (exact) mass is 267 g/mol. The van der Waals surface area contributed by atoms with E-state index in [1.54, 1.807) is 11.8 Å². The minimum Gasteiger partial charge on any atom is -0.343 e. The summed E-state index contributed by atoms with van der Waals surface area (Å²) in [4.78, 5) is 9.00. The van der Waals surface area contributed by atoms with Crippen molar-refractivity contribution in [3.05, 3.63) is 60.7 Å². The van der Waals surface area contributed by atoms with E-state index in [0.29, 0.717) is 0 Å². The fourth-order valence-corrected chi connectivity index (χ4v) is 2.48. The molecule has 0 unspecified atom stereocenters. The summed E-state index contributed by atoms with van der Waals surface area (Å²) >= 11 is 1.65. The highest BCUT2D eigenvalue weighted by molar-refractivity contribution is 8.15. The van der Waals surface area contributed by atoms with Gasteiger partial charge in [0.05, 0.1) is 11.4 Å². The van der Waals surface area contributed by atoms with Crippen LogP contribution in [0.4, 0.5) is 11.4 Å². The van der Waals surface area contributed by atoms with E-state index in [1.165, 1.54) is 0 Å². The Balaban J connectivity index is 1.73. The average Bonchev–Trinajstić information content (AvgIpc) is 2.88. The van der Waals surface area contributed by atoms with Gasteiger partial charge in [-0.05, 0) is 24.3 Å². The predicted octanol–water partition coefficient (Wildman–Crippen LogP) is 3.93. The number of nitrogens with one attached hydrogen (secondary N) is 1. The second-order valence-electron chi connectivity index (χ2n) is 4.07. The molecule has 0 amide bonds. The zero-order chi connectivity index (χ0) is 12.9. The lowest BCUT2D eigenvalue weighted by Crippen LogP contribution is -2.11. The van der Waals surface area contributed by atoms with Crippen molar-refractivity contribution in [1.82, 2.24) is 0 Å². The fraction of sp³-hybridized carbons (Fsp3) is 0.0667. The van der Waals surface area contributed by atoms with Crippen molar-refractivity contribution in [2.24, 2.45) is 9.98 Å². The van der Waals surface area contributed by atoms with Crippen molar-refractivity contribution in [2.45, 2.75) is 0 Å². The Morgan fingerprint density at radius 2 is 1.63 bits per heavy atom. The van der Waals surface area contributed by atoms with Gasteiger partial charge in [-0.2, -0.15) is 0 Å². The van der Waals surface area contributed by atoms with Crippen molar-refractivity contribution in [3.63, 3.8) is 0 Å². The summed E-state index contributed by atoms with van der Waals surface area (Å²) in [6.45, 7) is 0. The number of benzene rings is 2. The van der Waals surface area contributed by atoms with Gasteiger partial charge in [-0.15, -0.1) is 0 Å². The topological polar surface area (TPSA) is 36.8 Å². The van der Waals surface area contributed by atoms with Gasteiger partial charge in [0, 0.05) is 5.69 Å². The smallest absolute Gasteiger partial charge is 0.190 e. The van der Waals surface area contributed by atoms with Crippen LogP contribution in [0.15, 0.2) is 70.6 Å².